The molecule has 0 aliphatic carbocycles. The van der Waals surface area contributed by atoms with Gasteiger partial charge in [-0.25, -0.2) is 0 Å². The van der Waals surface area contributed by atoms with Crippen LogP contribution in [0.3, 0.4) is 0 Å². The fourth-order valence-electron chi connectivity index (χ4n) is 2.03. The van der Waals surface area contributed by atoms with Gasteiger partial charge in [-0.05, 0) is 6.42 Å². The van der Waals surface area contributed by atoms with Crippen LogP contribution >= 0.6 is 0 Å². The number of carbonyl (C=O) groups excluding carboxylic acids is 2. The van der Waals surface area contributed by atoms with E-state index in [1.54, 1.807) is 21.1 Å². The first-order valence-electron chi connectivity index (χ1n) is 6.93. The van der Waals surface area contributed by atoms with E-state index in [1.807, 2.05) is 11.8 Å². The second-order valence-corrected chi connectivity index (χ2v) is 5.04. The second kappa shape index (κ2) is 7.72. The van der Waals surface area contributed by atoms with Crippen LogP contribution in [0.5, 0.6) is 0 Å². The molecule has 1 unspecified atom stereocenters. The van der Waals surface area contributed by atoms with Crippen LogP contribution in [0.4, 0.5) is 0 Å². The van der Waals surface area contributed by atoms with Crippen molar-refractivity contribution in [2.45, 2.75) is 25.8 Å². The van der Waals surface area contributed by atoms with Crippen molar-refractivity contribution in [3.05, 3.63) is 0 Å². The van der Waals surface area contributed by atoms with Crippen molar-refractivity contribution in [3.63, 3.8) is 0 Å². The summed E-state index contributed by atoms with van der Waals surface area (Å²) in [6, 6.07) is 0.186. The van der Waals surface area contributed by atoms with Crippen LogP contribution < -0.4 is 10.6 Å². The average molecular weight is 283 g/mol. The number of likely N-dealkylation sites (N-methyl/N-ethyl adjacent to an activating group) is 1. The van der Waals surface area contributed by atoms with E-state index in [2.05, 4.69) is 15.6 Å². The van der Waals surface area contributed by atoms with Crippen molar-refractivity contribution < 1.29 is 9.59 Å². The molecule has 0 aromatic rings. The maximum Gasteiger partial charge on any atom is 0.241 e. The molecule has 2 amide bonds. The Morgan fingerprint density at radius 1 is 1.40 bits per heavy atom. The quantitative estimate of drug-likeness (QED) is 0.526. The molecule has 2 N–H and O–H groups in total. The number of rotatable bonds is 4. The van der Waals surface area contributed by atoms with Crippen LogP contribution in [0.15, 0.2) is 4.99 Å². The molecule has 7 heteroatoms. The Labute approximate surface area is 120 Å². The van der Waals surface area contributed by atoms with Gasteiger partial charge >= 0.3 is 0 Å². The summed E-state index contributed by atoms with van der Waals surface area (Å²) in [6.45, 7) is 3.54. The third-order valence-corrected chi connectivity index (χ3v) is 3.31. The standard InChI is InChI=1S/C13H25N5O2/c1-5-11(19)18-7-6-10(9-18)16-13(14-2)15-8-12(20)17(3)4/h10H,5-9H2,1-4H3,(H2,14,15,16). The summed E-state index contributed by atoms with van der Waals surface area (Å²) in [7, 11) is 5.09. The Morgan fingerprint density at radius 3 is 2.65 bits per heavy atom. The first kappa shape index (κ1) is 16.3. The van der Waals surface area contributed by atoms with Crippen molar-refractivity contribution in [2.24, 2.45) is 4.99 Å². The number of carbonyl (C=O) groups is 2. The van der Waals surface area contributed by atoms with Gasteiger partial charge in [0.2, 0.25) is 11.8 Å². The molecule has 0 bridgehead atoms. The molecule has 1 aliphatic heterocycles. The molecule has 1 saturated heterocycles. The van der Waals surface area contributed by atoms with Gasteiger partial charge in [-0.15, -0.1) is 0 Å². The zero-order valence-electron chi connectivity index (χ0n) is 12.8. The molecular weight excluding hydrogens is 258 g/mol. The summed E-state index contributed by atoms with van der Waals surface area (Å²) >= 11 is 0. The Morgan fingerprint density at radius 2 is 2.10 bits per heavy atom. The van der Waals surface area contributed by atoms with Gasteiger partial charge in [0.25, 0.3) is 0 Å². The Balaban J connectivity index is 2.39. The fourth-order valence-corrected chi connectivity index (χ4v) is 2.03. The highest BCUT2D eigenvalue weighted by atomic mass is 16.2. The SMILES string of the molecule is CCC(=O)N1CCC(NC(=NC)NCC(=O)N(C)C)C1. The van der Waals surface area contributed by atoms with Gasteiger partial charge in [0, 0.05) is 46.7 Å². The number of guanidine groups is 1. The number of aliphatic imine (C=N–C) groups is 1. The first-order chi connectivity index (χ1) is 9.47. The maximum absolute atomic E-state index is 11.6. The topological polar surface area (TPSA) is 77.0 Å². The van der Waals surface area contributed by atoms with Crippen LogP contribution in [-0.4, -0.2) is 74.4 Å². The highest BCUT2D eigenvalue weighted by molar-refractivity contribution is 5.86. The lowest BCUT2D eigenvalue weighted by Crippen LogP contribution is -2.47. The summed E-state index contributed by atoms with van der Waals surface area (Å²) in [6.07, 6.45) is 1.44. The molecular formula is C13H25N5O2. The number of amides is 2. The van der Waals surface area contributed by atoms with Gasteiger partial charge in [-0.3, -0.25) is 14.6 Å². The summed E-state index contributed by atoms with van der Waals surface area (Å²) in [5.74, 6) is 0.762. The molecule has 1 fully saturated rings. The van der Waals surface area contributed by atoms with E-state index >= 15 is 0 Å². The summed E-state index contributed by atoms with van der Waals surface area (Å²) < 4.78 is 0. The van der Waals surface area contributed by atoms with Gasteiger partial charge in [0.15, 0.2) is 5.96 Å². The predicted molar refractivity (Wildman–Crippen MR) is 78.5 cm³/mol. The number of hydrogen-bond donors (Lipinski definition) is 2. The fraction of sp³-hybridized carbons (Fsp3) is 0.769. The van der Waals surface area contributed by atoms with E-state index in [4.69, 9.17) is 0 Å². The molecule has 0 aromatic heterocycles. The van der Waals surface area contributed by atoms with E-state index < -0.39 is 0 Å². The number of nitrogens with one attached hydrogen (secondary N) is 2. The van der Waals surface area contributed by atoms with Gasteiger partial charge in [-0.1, -0.05) is 6.92 Å². The zero-order valence-corrected chi connectivity index (χ0v) is 12.8. The molecule has 114 valence electrons. The smallest absolute Gasteiger partial charge is 0.241 e. The Hall–Kier alpha value is -1.79. The summed E-state index contributed by atoms with van der Waals surface area (Å²) in [5.41, 5.74) is 0. The Kier molecular flexibility index (Phi) is 6.27. The molecule has 1 atom stereocenters. The number of nitrogens with zero attached hydrogens (tertiary/aromatic N) is 3. The molecule has 1 rings (SSSR count). The van der Waals surface area contributed by atoms with Crippen LogP contribution in [-0.2, 0) is 9.59 Å². The van der Waals surface area contributed by atoms with Crippen LogP contribution in [0.25, 0.3) is 0 Å². The van der Waals surface area contributed by atoms with Crippen molar-refractivity contribution >= 4 is 17.8 Å². The predicted octanol–water partition coefficient (Wildman–Crippen LogP) is -0.749. The van der Waals surface area contributed by atoms with E-state index in [9.17, 15) is 9.59 Å². The molecule has 7 nitrogen and oxygen atoms in total. The lowest BCUT2D eigenvalue weighted by Gasteiger charge is -2.19. The minimum absolute atomic E-state index is 0.0119. The molecule has 1 heterocycles. The molecule has 0 saturated carbocycles. The molecule has 0 radical (unpaired) electrons. The zero-order chi connectivity index (χ0) is 15.1. The van der Waals surface area contributed by atoms with E-state index in [0.29, 0.717) is 18.9 Å². The van der Waals surface area contributed by atoms with Crippen LogP contribution in [0.2, 0.25) is 0 Å². The second-order valence-electron chi connectivity index (χ2n) is 5.04. The third kappa shape index (κ3) is 4.71. The summed E-state index contributed by atoms with van der Waals surface area (Å²) in [5, 5.41) is 6.22. The largest absolute Gasteiger partial charge is 0.352 e. The molecule has 0 spiro atoms. The van der Waals surface area contributed by atoms with Gasteiger partial charge in [0.1, 0.15) is 0 Å². The minimum atomic E-state index is -0.0119. The van der Waals surface area contributed by atoms with E-state index in [0.717, 1.165) is 13.0 Å². The molecule has 20 heavy (non-hydrogen) atoms. The van der Waals surface area contributed by atoms with Gasteiger partial charge in [0.05, 0.1) is 6.54 Å². The third-order valence-electron chi connectivity index (χ3n) is 3.31. The highest BCUT2D eigenvalue weighted by Gasteiger charge is 2.25. The van der Waals surface area contributed by atoms with Crippen LogP contribution in [0.1, 0.15) is 19.8 Å². The summed E-state index contributed by atoms with van der Waals surface area (Å²) in [4.78, 5) is 30.6. The van der Waals surface area contributed by atoms with Crippen molar-refractivity contribution in [1.82, 2.24) is 20.4 Å². The first-order valence-corrected chi connectivity index (χ1v) is 6.93. The minimum Gasteiger partial charge on any atom is -0.352 e. The van der Waals surface area contributed by atoms with E-state index in [1.165, 1.54) is 4.90 Å². The van der Waals surface area contributed by atoms with Crippen molar-refractivity contribution in [1.29, 1.82) is 0 Å². The lowest BCUT2D eigenvalue weighted by atomic mass is 10.3. The number of hydrogen-bond acceptors (Lipinski definition) is 3. The van der Waals surface area contributed by atoms with Gasteiger partial charge < -0.3 is 20.4 Å². The lowest BCUT2D eigenvalue weighted by molar-refractivity contribution is -0.130. The highest BCUT2D eigenvalue weighted by Crippen LogP contribution is 2.10. The maximum atomic E-state index is 11.6. The monoisotopic (exact) mass is 283 g/mol. The average Bonchev–Trinajstić information content (AvgIpc) is 2.90. The normalized spacial score (nSPS) is 18.9. The van der Waals surface area contributed by atoms with Crippen molar-refractivity contribution in [2.75, 3.05) is 40.8 Å². The molecule has 1 aliphatic rings. The van der Waals surface area contributed by atoms with E-state index in [-0.39, 0.29) is 24.4 Å². The van der Waals surface area contributed by atoms with Crippen molar-refractivity contribution in [3.8, 4) is 0 Å². The van der Waals surface area contributed by atoms with Gasteiger partial charge in [-0.2, -0.15) is 0 Å². The Bertz CT molecular complexity index is 381. The van der Waals surface area contributed by atoms with Crippen LogP contribution in [0, 0.1) is 0 Å². The number of likely N-dealkylation sites (tertiary alicyclic amines) is 1. The molecule has 0 aromatic carbocycles.